The molecule has 24 heavy (non-hydrogen) atoms. The fourth-order valence-corrected chi connectivity index (χ4v) is 2.23. The first kappa shape index (κ1) is 15.7. The van der Waals surface area contributed by atoms with Gasteiger partial charge in [0.15, 0.2) is 11.5 Å². The van der Waals surface area contributed by atoms with Gasteiger partial charge in [-0.15, -0.1) is 0 Å². The summed E-state index contributed by atoms with van der Waals surface area (Å²) in [5.74, 6) is 0.906. The van der Waals surface area contributed by atoms with Crippen molar-refractivity contribution >= 4 is 5.91 Å². The van der Waals surface area contributed by atoms with E-state index < -0.39 is 0 Å². The molecule has 0 aliphatic rings. The van der Waals surface area contributed by atoms with E-state index in [1.807, 2.05) is 43.3 Å². The zero-order valence-corrected chi connectivity index (χ0v) is 13.4. The van der Waals surface area contributed by atoms with Crippen molar-refractivity contribution in [2.45, 2.75) is 13.0 Å². The third-order valence-electron chi connectivity index (χ3n) is 3.59. The minimum atomic E-state index is -0.314. The van der Waals surface area contributed by atoms with Crippen LogP contribution >= 0.6 is 0 Å². The van der Waals surface area contributed by atoms with Crippen LogP contribution in [0.2, 0.25) is 0 Å². The molecule has 1 atom stereocenters. The van der Waals surface area contributed by atoms with Gasteiger partial charge < -0.3 is 14.6 Å². The van der Waals surface area contributed by atoms with Crippen LogP contribution in [-0.2, 0) is 0 Å². The predicted molar refractivity (Wildman–Crippen MR) is 88.6 cm³/mol. The Morgan fingerprint density at radius 2 is 2.00 bits per heavy atom. The third-order valence-corrected chi connectivity index (χ3v) is 3.59. The molecular weight excluding hydrogens is 306 g/mol. The largest absolute Gasteiger partial charge is 0.495 e. The second kappa shape index (κ2) is 6.95. The Morgan fingerprint density at radius 3 is 2.67 bits per heavy atom. The molecule has 3 aromatic rings. The maximum absolute atomic E-state index is 12.3. The van der Waals surface area contributed by atoms with Gasteiger partial charge in [-0.25, -0.2) is 0 Å². The summed E-state index contributed by atoms with van der Waals surface area (Å²) in [5, 5.41) is 6.69. The number of hydrogen-bond donors (Lipinski definition) is 1. The topological polar surface area (TPSA) is 77.2 Å². The lowest BCUT2D eigenvalue weighted by molar-refractivity contribution is 0.0930. The fourth-order valence-electron chi connectivity index (χ4n) is 2.23. The van der Waals surface area contributed by atoms with Crippen molar-refractivity contribution in [1.82, 2.24) is 15.5 Å². The maximum Gasteiger partial charge on any atom is 0.274 e. The highest BCUT2D eigenvalue weighted by Gasteiger charge is 2.17. The summed E-state index contributed by atoms with van der Waals surface area (Å²) in [4.78, 5) is 16.6. The zero-order chi connectivity index (χ0) is 16.9. The number of pyridine rings is 1. The summed E-state index contributed by atoms with van der Waals surface area (Å²) < 4.78 is 10.3. The molecule has 0 saturated carbocycles. The molecule has 1 amide bonds. The Labute approximate surface area is 139 Å². The van der Waals surface area contributed by atoms with Crippen molar-refractivity contribution in [2.75, 3.05) is 7.11 Å². The summed E-state index contributed by atoms with van der Waals surface area (Å²) >= 11 is 0. The van der Waals surface area contributed by atoms with E-state index in [0.717, 1.165) is 11.3 Å². The molecule has 6 heteroatoms. The maximum atomic E-state index is 12.3. The second-order valence-electron chi connectivity index (χ2n) is 5.26. The smallest absolute Gasteiger partial charge is 0.274 e. The van der Waals surface area contributed by atoms with Crippen LogP contribution in [0.3, 0.4) is 0 Å². The average Bonchev–Trinajstić information content (AvgIpc) is 3.13. The summed E-state index contributed by atoms with van der Waals surface area (Å²) in [5.41, 5.74) is 1.83. The second-order valence-corrected chi connectivity index (χ2v) is 5.26. The molecule has 2 aromatic heterocycles. The fraction of sp³-hybridized carbons (Fsp3) is 0.167. The molecule has 1 aromatic carbocycles. The lowest BCUT2D eigenvalue weighted by Crippen LogP contribution is -2.27. The number of nitrogens with zero attached hydrogens (tertiary/aromatic N) is 2. The number of nitrogens with one attached hydrogen (secondary N) is 1. The number of aromatic nitrogens is 2. The van der Waals surface area contributed by atoms with E-state index >= 15 is 0 Å². The highest BCUT2D eigenvalue weighted by molar-refractivity contribution is 5.93. The van der Waals surface area contributed by atoms with Crippen molar-refractivity contribution in [3.05, 3.63) is 66.1 Å². The van der Waals surface area contributed by atoms with Crippen molar-refractivity contribution in [1.29, 1.82) is 0 Å². The zero-order valence-electron chi connectivity index (χ0n) is 13.4. The van der Waals surface area contributed by atoms with E-state index in [9.17, 15) is 4.79 Å². The summed E-state index contributed by atoms with van der Waals surface area (Å²) in [6.45, 7) is 1.85. The number of carbonyl (C=O) groups excluding carboxylic acids is 1. The molecule has 2 heterocycles. The Morgan fingerprint density at radius 1 is 1.21 bits per heavy atom. The number of ether oxygens (including phenoxy) is 1. The van der Waals surface area contributed by atoms with Crippen LogP contribution in [0.5, 0.6) is 5.75 Å². The first-order chi connectivity index (χ1) is 11.7. The van der Waals surface area contributed by atoms with E-state index in [1.165, 1.54) is 0 Å². The quantitative estimate of drug-likeness (QED) is 0.780. The van der Waals surface area contributed by atoms with Gasteiger partial charge in [-0.2, -0.15) is 0 Å². The molecule has 0 saturated heterocycles. The third kappa shape index (κ3) is 3.43. The van der Waals surface area contributed by atoms with Crippen LogP contribution < -0.4 is 10.1 Å². The number of carbonyl (C=O) groups is 1. The van der Waals surface area contributed by atoms with E-state index in [1.54, 1.807) is 25.4 Å². The van der Waals surface area contributed by atoms with Gasteiger partial charge in [-0.1, -0.05) is 35.5 Å². The van der Waals surface area contributed by atoms with Crippen LogP contribution in [0.25, 0.3) is 11.3 Å². The Kier molecular flexibility index (Phi) is 4.56. The minimum Gasteiger partial charge on any atom is -0.495 e. The first-order valence-electron chi connectivity index (χ1n) is 7.50. The molecule has 122 valence electrons. The van der Waals surface area contributed by atoms with Crippen LogP contribution in [0.4, 0.5) is 0 Å². The van der Waals surface area contributed by atoms with Gasteiger partial charge in [0.25, 0.3) is 5.91 Å². The van der Waals surface area contributed by atoms with Crippen LogP contribution in [0.1, 0.15) is 29.1 Å². The van der Waals surface area contributed by atoms with Crippen molar-refractivity contribution in [3.8, 4) is 17.1 Å². The van der Waals surface area contributed by atoms with Gasteiger partial charge in [0.2, 0.25) is 0 Å². The number of hydrogen-bond acceptors (Lipinski definition) is 5. The molecule has 0 spiro atoms. The summed E-state index contributed by atoms with van der Waals surface area (Å²) in [6.07, 6.45) is 1.61. The lowest BCUT2D eigenvalue weighted by Gasteiger charge is -2.12. The van der Waals surface area contributed by atoms with Crippen molar-refractivity contribution in [3.63, 3.8) is 0 Å². The standard InChI is InChI=1S/C18H17N3O3/c1-12(15-9-8-14(23-2)11-19-15)20-18(22)16-10-17(24-21-16)13-6-4-3-5-7-13/h3-12H,1-2H3,(H,20,22). The number of benzene rings is 1. The van der Waals surface area contributed by atoms with E-state index in [0.29, 0.717) is 11.5 Å². The number of amides is 1. The highest BCUT2D eigenvalue weighted by Crippen LogP contribution is 2.20. The molecule has 0 fully saturated rings. The lowest BCUT2D eigenvalue weighted by atomic mass is 10.1. The van der Waals surface area contributed by atoms with Gasteiger partial charge in [-0.05, 0) is 19.1 Å². The predicted octanol–water partition coefficient (Wildman–Crippen LogP) is 3.24. The van der Waals surface area contributed by atoms with Crippen LogP contribution in [0, 0.1) is 0 Å². The Hall–Kier alpha value is -3.15. The monoisotopic (exact) mass is 323 g/mol. The van der Waals surface area contributed by atoms with E-state index in [2.05, 4.69) is 15.5 Å². The summed E-state index contributed by atoms with van der Waals surface area (Å²) in [6, 6.07) is 14.5. The Balaban J connectivity index is 1.69. The minimum absolute atomic E-state index is 0.231. The molecule has 0 aliphatic carbocycles. The number of methoxy groups -OCH3 is 1. The van der Waals surface area contributed by atoms with Gasteiger partial charge in [-0.3, -0.25) is 9.78 Å². The molecule has 0 radical (unpaired) electrons. The highest BCUT2D eigenvalue weighted by atomic mass is 16.5. The normalized spacial score (nSPS) is 11.8. The first-order valence-corrected chi connectivity index (χ1v) is 7.50. The van der Waals surface area contributed by atoms with Crippen molar-refractivity contribution < 1.29 is 14.1 Å². The molecule has 3 rings (SSSR count). The van der Waals surface area contributed by atoms with Gasteiger partial charge in [0.05, 0.1) is 25.0 Å². The molecule has 0 aliphatic heterocycles. The molecule has 1 N–H and O–H groups in total. The molecule has 6 nitrogen and oxygen atoms in total. The summed E-state index contributed by atoms with van der Waals surface area (Å²) in [7, 11) is 1.58. The Bertz CT molecular complexity index is 813. The SMILES string of the molecule is COc1ccc(C(C)NC(=O)c2cc(-c3ccccc3)on2)nc1. The average molecular weight is 323 g/mol. The van der Waals surface area contributed by atoms with Crippen LogP contribution in [-0.4, -0.2) is 23.2 Å². The molecule has 0 bridgehead atoms. The van der Waals surface area contributed by atoms with Gasteiger partial charge >= 0.3 is 0 Å². The number of rotatable bonds is 5. The van der Waals surface area contributed by atoms with E-state index in [4.69, 9.17) is 9.26 Å². The molecular formula is C18H17N3O3. The molecule has 1 unspecified atom stereocenters. The van der Waals surface area contributed by atoms with Gasteiger partial charge in [0, 0.05) is 11.6 Å². The van der Waals surface area contributed by atoms with Crippen molar-refractivity contribution in [2.24, 2.45) is 0 Å². The van der Waals surface area contributed by atoms with Crippen LogP contribution in [0.15, 0.2) is 59.3 Å². The van der Waals surface area contributed by atoms with Gasteiger partial charge in [0.1, 0.15) is 5.75 Å². The van der Waals surface area contributed by atoms with E-state index in [-0.39, 0.29) is 17.6 Å².